The van der Waals surface area contributed by atoms with Crippen LogP contribution in [-0.2, 0) is 15.7 Å². The number of aromatic amines is 1. The Hall–Kier alpha value is -5.61. The fraction of sp³-hybridized carbons (Fsp3) is 0.383. The van der Waals surface area contributed by atoms with Crippen molar-refractivity contribution in [1.82, 2.24) is 19.6 Å². The number of halogens is 1. The average Bonchev–Trinajstić information content (AvgIpc) is 3.76. The molecule has 3 aromatic carbocycles. The molecule has 1 amide bonds. The fourth-order valence-electron chi connectivity index (χ4n) is 9.48. The Balaban J connectivity index is 0.928. The highest BCUT2D eigenvalue weighted by Crippen LogP contribution is 2.55. The Bertz CT molecular complexity index is 2580. The summed E-state index contributed by atoms with van der Waals surface area (Å²) in [6.07, 6.45) is 13.5. The maximum absolute atomic E-state index is 14.0. The molecule has 16 heteroatoms. The smallest absolute Gasteiger partial charge is 0.294 e. The summed E-state index contributed by atoms with van der Waals surface area (Å²) in [6, 6.07) is 20.0. The molecular weight excluding hydrogens is 840 g/mol. The third-order valence-electron chi connectivity index (χ3n) is 13.3. The number of nitrogens with one attached hydrogen (secondary N) is 4. The first kappa shape index (κ1) is 42.7. The van der Waals surface area contributed by atoms with E-state index in [-0.39, 0.29) is 39.1 Å². The van der Waals surface area contributed by atoms with E-state index in [9.17, 15) is 19.1 Å². The van der Waals surface area contributed by atoms with E-state index < -0.39 is 21.8 Å². The molecule has 4 aliphatic rings. The van der Waals surface area contributed by atoms with Crippen LogP contribution in [0, 0.1) is 26.9 Å². The lowest BCUT2D eigenvalue weighted by Gasteiger charge is -2.47. The molecule has 9 rings (SSSR count). The number of amides is 1. The van der Waals surface area contributed by atoms with Gasteiger partial charge in [-0.25, -0.2) is 9.19 Å². The number of carbonyl (C=O) groups is 1. The van der Waals surface area contributed by atoms with E-state index in [4.69, 9.17) is 26.5 Å². The van der Waals surface area contributed by atoms with Crippen LogP contribution >= 0.6 is 11.6 Å². The van der Waals surface area contributed by atoms with Gasteiger partial charge >= 0.3 is 0 Å². The molecule has 4 heterocycles. The second-order valence-electron chi connectivity index (χ2n) is 17.2. The molecule has 1 atom stereocenters. The van der Waals surface area contributed by atoms with Crippen LogP contribution in [0.1, 0.15) is 72.9 Å². The summed E-state index contributed by atoms with van der Waals surface area (Å²) in [7, 11) is -2.22. The minimum Gasteiger partial charge on any atom is -0.455 e. The van der Waals surface area contributed by atoms with Crippen molar-refractivity contribution in [3.8, 4) is 11.5 Å². The minimum atomic E-state index is -2.22. The van der Waals surface area contributed by atoms with Crippen LogP contribution in [0.4, 0.5) is 17.1 Å². The normalized spacial score (nSPS) is 18.5. The maximum atomic E-state index is 14.0. The number of nitro benzene ring substituents is 1. The zero-order chi connectivity index (χ0) is 43.5. The number of ether oxygens (including phenoxy) is 2. The zero-order valence-electron chi connectivity index (χ0n) is 35.0. The van der Waals surface area contributed by atoms with E-state index in [1.165, 1.54) is 54.5 Å². The molecule has 3 fully saturated rings. The molecule has 2 saturated heterocycles. The second-order valence-corrected chi connectivity index (χ2v) is 18.8. The number of allylic oxidation sites excluding steroid dienone is 1. The molecule has 14 nitrogen and oxygen atoms in total. The number of nitrogens with zero attached hydrogens (tertiary/aromatic N) is 4. The van der Waals surface area contributed by atoms with Gasteiger partial charge in [-0.05, 0) is 110 Å². The lowest BCUT2D eigenvalue weighted by molar-refractivity contribution is -0.384. The second kappa shape index (κ2) is 18.6. The largest absolute Gasteiger partial charge is 0.455 e. The highest BCUT2D eigenvalue weighted by molar-refractivity contribution is 7.83. The van der Waals surface area contributed by atoms with Gasteiger partial charge in [0.1, 0.15) is 22.8 Å². The molecule has 63 heavy (non-hydrogen) atoms. The number of fused-ring (bicyclic) bond motifs is 1. The van der Waals surface area contributed by atoms with E-state index in [1.54, 1.807) is 18.5 Å². The number of nitro groups is 1. The standard InChI is InChI=1S/C47H51ClN8O6S/c48-36-4-2-32(3-5-36)41-26-47(12-1-13-47)14-8-34(41)30-54-16-18-55(19-17-54)37-6-7-40(43(24-37)62-38-22-33-9-15-50-45(33)52-29-38)46(57)53-63(60)39-23-35(27-49)44(42(25-39)56(58)59)51-28-31-10-20-61-21-11-31/h2-7,9,15,22-25,27,29,31,49,51H,1,8,10-14,16-21,26,28,30H2,(H,50,52)(H,53,57). The van der Waals surface area contributed by atoms with E-state index in [0.717, 1.165) is 80.7 Å². The number of pyridine rings is 1. The van der Waals surface area contributed by atoms with Crippen molar-refractivity contribution >= 4 is 68.4 Å². The average molecular weight is 891 g/mol. The Morgan fingerprint density at radius 1 is 1.06 bits per heavy atom. The first-order valence-electron chi connectivity index (χ1n) is 21.7. The van der Waals surface area contributed by atoms with Crippen LogP contribution < -0.4 is 19.7 Å². The number of anilines is 2. The zero-order valence-corrected chi connectivity index (χ0v) is 36.6. The highest BCUT2D eigenvalue weighted by Gasteiger charge is 2.41. The maximum Gasteiger partial charge on any atom is 0.294 e. The molecule has 0 radical (unpaired) electrons. The number of hydrogen-bond acceptors (Lipinski definition) is 11. The van der Waals surface area contributed by atoms with Gasteiger partial charge in [0.15, 0.2) is 11.0 Å². The van der Waals surface area contributed by atoms with Crippen LogP contribution in [-0.4, -0.2) is 88.6 Å². The number of H-pyrrole nitrogens is 1. The summed E-state index contributed by atoms with van der Waals surface area (Å²) in [5.74, 6) is 0.217. The van der Waals surface area contributed by atoms with Gasteiger partial charge in [0.25, 0.3) is 11.6 Å². The van der Waals surface area contributed by atoms with Gasteiger partial charge in [-0.15, -0.1) is 0 Å². The molecule has 1 saturated carbocycles. The van der Waals surface area contributed by atoms with Crippen LogP contribution in [0.25, 0.3) is 16.6 Å². The summed E-state index contributed by atoms with van der Waals surface area (Å²) >= 11 is 6.29. The lowest BCUT2D eigenvalue weighted by Crippen LogP contribution is -2.47. The number of aromatic nitrogens is 2. The van der Waals surface area contributed by atoms with Crippen molar-refractivity contribution in [2.45, 2.75) is 56.3 Å². The van der Waals surface area contributed by atoms with Gasteiger partial charge in [-0.1, -0.05) is 35.7 Å². The quantitative estimate of drug-likeness (QED) is 0.0477. The van der Waals surface area contributed by atoms with Gasteiger partial charge in [0.2, 0.25) is 0 Å². The minimum absolute atomic E-state index is 0.0175. The van der Waals surface area contributed by atoms with Crippen LogP contribution in [0.3, 0.4) is 0 Å². The predicted molar refractivity (Wildman–Crippen MR) is 247 cm³/mol. The molecule has 2 aliphatic heterocycles. The van der Waals surface area contributed by atoms with E-state index in [1.807, 2.05) is 36.4 Å². The fourth-order valence-corrected chi connectivity index (χ4v) is 10.5. The molecule has 4 N–H and O–H groups in total. The van der Waals surface area contributed by atoms with E-state index in [2.05, 4.69) is 41.9 Å². The van der Waals surface area contributed by atoms with Gasteiger partial charge in [-0.3, -0.25) is 24.5 Å². The number of rotatable bonds is 14. The predicted octanol–water partition coefficient (Wildman–Crippen LogP) is 9.14. The molecule has 328 valence electrons. The van der Waals surface area contributed by atoms with E-state index >= 15 is 0 Å². The Kier molecular flexibility index (Phi) is 12.6. The van der Waals surface area contributed by atoms with Crippen molar-refractivity contribution < 1.29 is 23.4 Å². The number of piperazine rings is 1. The molecule has 2 aromatic heterocycles. The first-order valence-corrected chi connectivity index (χ1v) is 23.2. The van der Waals surface area contributed by atoms with E-state index in [0.29, 0.717) is 36.6 Å². The Morgan fingerprint density at radius 3 is 2.59 bits per heavy atom. The molecule has 0 bridgehead atoms. The van der Waals surface area contributed by atoms with Crippen LogP contribution in [0.2, 0.25) is 5.02 Å². The topological polar surface area (TPSA) is 179 Å². The summed E-state index contributed by atoms with van der Waals surface area (Å²) < 4.78 is 28.2. The summed E-state index contributed by atoms with van der Waals surface area (Å²) in [5.41, 5.74) is 6.48. The number of carbonyl (C=O) groups excluding carboxylic acids is 1. The van der Waals surface area contributed by atoms with Crippen molar-refractivity contribution in [2.24, 2.45) is 11.3 Å². The lowest BCUT2D eigenvalue weighted by atomic mass is 9.59. The first-order chi connectivity index (χ1) is 30.6. The molecule has 2 aliphatic carbocycles. The van der Waals surface area contributed by atoms with Crippen molar-refractivity contribution in [2.75, 3.05) is 62.7 Å². The summed E-state index contributed by atoms with van der Waals surface area (Å²) in [5, 5.41) is 25.1. The molecule has 1 unspecified atom stereocenters. The van der Waals surface area contributed by atoms with Crippen molar-refractivity contribution in [1.29, 1.82) is 5.41 Å². The summed E-state index contributed by atoms with van der Waals surface area (Å²) in [4.78, 5) is 38.1. The van der Waals surface area contributed by atoms with Gasteiger partial charge in [0.05, 0.1) is 21.6 Å². The highest BCUT2D eigenvalue weighted by atomic mass is 35.5. The monoisotopic (exact) mass is 890 g/mol. The molecular formula is C47H51ClN8O6S. The van der Waals surface area contributed by atoms with Crippen molar-refractivity contribution in [3.05, 3.63) is 117 Å². The van der Waals surface area contributed by atoms with Crippen LogP contribution in [0.15, 0.2) is 89.6 Å². The molecule has 5 aromatic rings. The van der Waals surface area contributed by atoms with Gasteiger partial charge in [-0.2, -0.15) is 0 Å². The summed E-state index contributed by atoms with van der Waals surface area (Å²) in [6.45, 7) is 5.92. The number of benzene rings is 3. The molecule has 1 spiro atoms. The van der Waals surface area contributed by atoms with Gasteiger partial charge < -0.3 is 30.1 Å². The Morgan fingerprint density at radius 2 is 1.86 bits per heavy atom. The van der Waals surface area contributed by atoms with Crippen molar-refractivity contribution in [3.63, 3.8) is 0 Å². The Labute approximate surface area is 373 Å². The third kappa shape index (κ3) is 9.52. The van der Waals surface area contributed by atoms with Crippen LogP contribution in [0.5, 0.6) is 11.5 Å². The third-order valence-corrected chi connectivity index (χ3v) is 14.6. The van der Waals surface area contributed by atoms with Gasteiger partial charge in [0, 0.05) is 98.7 Å². The SMILES string of the molecule is N=Cc1cc(S(=O)NC(=O)c2ccc(N3CCN(CC4=C(c5ccc(Cl)cc5)CC5(CCC5)CC4)CC3)cc2Oc2cnc3[nH]ccc3c2)cc([N+](=O)[O-])c1NCC1CCOCC1. The number of hydrogen-bond donors (Lipinski definition) is 4.